The van der Waals surface area contributed by atoms with Gasteiger partial charge in [-0.2, -0.15) is 5.10 Å². The van der Waals surface area contributed by atoms with E-state index in [-0.39, 0.29) is 6.42 Å². The van der Waals surface area contributed by atoms with E-state index in [1.807, 2.05) is 6.92 Å². The van der Waals surface area contributed by atoms with E-state index < -0.39 is 17.3 Å². The predicted octanol–water partition coefficient (Wildman–Crippen LogP) is -0.583. The molecule has 0 saturated heterocycles. The van der Waals surface area contributed by atoms with Crippen molar-refractivity contribution in [3.63, 3.8) is 0 Å². The number of aryl methyl sites for hydroxylation is 1. The molecule has 0 radical (unpaired) electrons. The van der Waals surface area contributed by atoms with Crippen molar-refractivity contribution < 1.29 is 14.7 Å². The lowest BCUT2D eigenvalue weighted by Crippen LogP contribution is -2.43. The molecule has 0 fully saturated rings. The molecule has 1 atom stereocenters. The van der Waals surface area contributed by atoms with Crippen LogP contribution in [-0.4, -0.2) is 31.7 Å². The van der Waals surface area contributed by atoms with Crippen molar-refractivity contribution in [2.45, 2.75) is 26.8 Å². The second-order valence-corrected chi connectivity index (χ2v) is 3.67. The Hall–Kier alpha value is -1.92. The van der Waals surface area contributed by atoms with Gasteiger partial charge in [0.05, 0.1) is 0 Å². The van der Waals surface area contributed by atoms with Crippen molar-refractivity contribution in [3.05, 3.63) is 12.2 Å². The highest BCUT2D eigenvalue weighted by atomic mass is 16.4. The zero-order chi connectivity index (χ0) is 12.3. The molecule has 0 bridgehead atoms. The van der Waals surface area contributed by atoms with Gasteiger partial charge >= 0.3 is 5.97 Å². The van der Waals surface area contributed by atoms with Crippen molar-refractivity contribution in [1.82, 2.24) is 14.8 Å². The number of carboxylic acids is 1. The average Bonchev–Trinajstić information content (AvgIpc) is 2.64. The van der Waals surface area contributed by atoms with E-state index in [9.17, 15) is 9.59 Å². The predicted molar refractivity (Wildman–Crippen MR) is 54.3 cm³/mol. The molecule has 0 aliphatic heterocycles. The number of aliphatic carboxylic acids is 1. The Balaban J connectivity index is 3.02. The minimum Gasteiger partial charge on any atom is -0.480 e. The Bertz CT molecular complexity index is 399. The van der Waals surface area contributed by atoms with Crippen LogP contribution in [-0.2, 0) is 22.6 Å². The lowest BCUT2D eigenvalue weighted by molar-refractivity contribution is -0.153. The number of rotatable bonds is 5. The minimum atomic E-state index is -1.65. The van der Waals surface area contributed by atoms with E-state index in [4.69, 9.17) is 10.8 Å². The van der Waals surface area contributed by atoms with Crippen LogP contribution < -0.4 is 5.73 Å². The van der Waals surface area contributed by atoms with Crippen LogP contribution in [0.15, 0.2) is 6.33 Å². The smallest absolute Gasteiger partial charge is 0.319 e. The number of amides is 1. The van der Waals surface area contributed by atoms with Gasteiger partial charge in [0.25, 0.3) is 0 Å². The molecular formula is C9H14N4O3. The van der Waals surface area contributed by atoms with E-state index in [0.29, 0.717) is 12.4 Å². The molecule has 0 saturated carbocycles. The maximum Gasteiger partial charge on any atom is 0.319 e. The number of carboxylic acid groups (broad SMARTS) is 1. The van der Waals surface area contributed by atoms with Gasteiger partial charge in [-0.05, 0) is 13.8 Å². The van der Waals surface area contributed by atoms with Gasteiger partial charge in [0.2, 0.25) is 5.91 Å². The number of aromatic nitrogens is 3. The van der Waals surface area contributed by atoms with Crippen LogP contribution in [0, 0.1) is 5.41 Å². The van der Waals surface area contributed by atoms with Gasteiger partial charge in [-0.3, -0.25) is 14.3 Å². The summed E-state index contributed by atoms with van der Waals surface area (Å²) in [5, 5.41) is 12.9. The third-order valence-electron chi connectivity index (χ3n) is 2.52. The van der Waals surface area contributed by atoms with Crippen LogP contribution in [0.4, 0.5) is 0 Å². The fourth-order valence-electron chi connectivity index (χ4n) is 1.27. The van der Waals surface area contributed by atoms with E-state index in [0.717, 1.165) is 0 Å². The molecule has 1 aromatic rings. The lowest BCUT2D eigenvalue weighted by Gasteiger charge is -2.20. The topological polar surface area (TPSA) is 111 Å². The first-order chi connectivity index (χ1) is 7.41. The monoisotopic (exact) mass is 226 g/mol. The van der Waals surface area contributed by atoms with Crippen molar-refractivity contribution in [2.75, 3.05) is 0 Å². The van der Waals surface area contributed by atoms with Crippen LogP contribution in [0.2, 0.25) is 0 Å². The Morgan fingerprint density at radius 3 is 2.69 bits per heavy atom. The number of nitrogens with two attached hydrogens (primary N) is 1. The standard InChI is InChI=1S/C9H14N4O3/c1-3-13-6(11-5-12-13)4-9(2,7(10)14)8(15)16/h5H,3-4H2,1-2H3,(H2,10,14)(H,15,16). The van der Waals surface area contributed by atoms with E-state index in [1.165, 1.54) is 17.9 Å². The first kappa shape index (κ1) is 12.2. The molecule has 88 valence electrons. The summed E-state index contributed by atoms with van der Waals surface area (Å²) in [4.78, 5) is 26.1. The summed E-state index contributed by atoms with van der Waals surface area (Å²) in [7, 11) is 0. The van der Waals surface area contributed by atoms with Crippen molar-refractivity contribution in [1.29, 1.82) is 0 Å². The summed E-state index contributed by atoms with van der Waals surface area (Å²) >= 11 is 0. The zero-order valence-corrected chi connectivity index (χ0v) is 9.17. The molecule has 1 unspecified atom stereocenters. The summed E-state index contributed by atoms with van der Waals surface area (Å²) < 4.78 is 1.53. The van der Waals surface area contributed by atoms with Gasteiger partial charge in [0, 0.05) is 13.0 Å². The zero-order valence-electron chi connectivity index (χ0n) is 9.17. The molecular weight excluding hydrogens is 212 g/mol. The average molecular weight is 226 g/mol. The number of primary amides is 1. The second kappa shape index (κ2) is 4.30. The van der Waals surface area contributed by atoms with E-state index in [2.05, 4.69) is 10.1 Å². The summed E-state index contributed by atoms with van der Waals surface area (Å²) in [5.74, 6) is -1.71. The molecule has 1 amide bonds. The number of carbonyl (C=O) groups excluding carboxylic acids is 1. The molecule has 1 rings (SSSR count). The van der Waals surface area contributed by atoms with Gasteiger partial charge in [0.1, 0.15) is 17.6 Å². The van der Waals surface area contributed by atoms with Gasteiger partial charge in [-0.1, -0.05) is 0 Å². The highest BCUT2D eigenvalue weighted by Gasteiger charge is 2.41. The van der Waals surface area contributed by atoms with Gasteiger partial charge in [0.15, 0.2) is 0 Å². The first-order valence-corrected chi connectivity index (χ1v) is 4.81. The molecule has 0 aromatic carbocycles. The summed E-state index contributed by atoms with van der Waals surface area (Å²) in [5.41, 5.74) is 3.45. The number of nitrogens with zero attached hydrogens (tertiary/aromatic N) is 3. The second-order valence-electron chi connectivity index (χ2n) is 3.67. The molecule has 1 aromatic heterocycles. The number of hydrogen-bond acceptors (Lipinski definition) is 4. The fraction of sp³-hybridized carbons (Fsp3) is 0.556. The maximum absolute atomic E-state index is 11.2. The molecule has 7 heteroatoms. The summed E-state index contributed by atoms with van der Waals surface area (Å²) in [6.45, 7) is 3.69. The quantitative estimate of drug-likeness (QED) is 0.652. The Labute approximate surface area is 92.3 Å². The van der Waals surface area contributed by atoms with Crippen molar-refractivity contribution in [3.8, 4) is 0 Å². The highest BCUT2D eigenvalue weighted by molar-refractivity contribution is 6.00. The maximum atomic E-state index is 11.2. The minimum absolute atomic E-state index is 0.0640. The number of carbonyl (C=O) groups is 2. The molecule has 16 heavy (non-hydrogen) atoms. The van der Waals surface area contributed by atoms with E-state index in [1.54, 1.807) is 0 Å². The van der Waals surface area contributed by atoms with Crippen LogP contribution in [0.5, 0.6) is 0 Å². The molecule has 0 spiro atoms. The first-order valence-electron chi connectivity index (χ1n) is 4.81. The van der Waals surface area contributed by atoms with Crippen molar-refractivity contribution >= 4 is 11.9 Å². The SMILES string of the molecule is CCn1ncnc1CC(C)(C(N)=O)C(=O)O. The van der Waals surface area contributed by atoms with Crippen LogP contribution in [0.3, 0.4) is 0 Å². The van der Waals surface area contributed by atoms with Gasteiger partial charge in [-0.25, -0.2) is 4.98 Å². The molecule has 1 heterocycles. The summed E-state index contributed by atoms with van der Waals surface area (Å²) in [6.07, 6.45) is 1.26. The Morgan fingerprint density at radius 2 is 2.25 bits per heavy atom. The molecule has 3 N–H and O–H groups in total. The highest BCUT2D eigenvalue weighted by Crippen LogP contribution is 2.21. The van der Waals surface area contributed by atoms with E-state index >= 15 is 0 Å². The molecule has 0 aliphatic rings. The Morgan fingerprint density at radius 1 is 1.62 bits per heavy atom. The third kappa shape index (κ3) is 2.02. The van der Waals surface area contributed by atoms with Crippen LogP contribution in [0.25, 0.3) is 0 Å². The fourth-order valence-corrected chi connectivity index (χ4v) is 1.27. The third-order valence-corrected chi connectivity index (χ3v) is 2.52. The normalized spacial score (nSPS) is 14.4. The molecule has 7 nitrogen and oxygen atoms in total. The van der Waals surface area contributed by atoms with Crippen LogP contribution >= 0.6 is 0 Å². The Kier molecular flexibility index (Phi) is 3.26. The largest absolute Gasteiger partial charge is 0.480 e. The van der Waals surface area contributed by atoms with Gasteiger partial charge < -0.3 is 10.8 Å². The number of hydrogen-bond donors (Lipinski definition) is 2. The molecule has 0 aliphatic carbocycles. The summed E-state index contributed by atoms with van der Waals surface area (Å²) in [6, 6.07) is 0. The lowest BCUT2D eigenvalue weighted by atomic mass is 9.86. The van der Waals surface area contributed by atoms with Crippen molar-refractivity contribution in [2.24, 2.45) is 11.1 Å². The van der Waals surface area contributed by atoms with Crippen LogP contribution in [0.1, 0.15) is 19.7 Å². The van der Waals surface area contributed by atoms with Gasteiger partial charge in [-0.15, -0.1) is 0 Å².